The maximum atomic E-state index is 11.7. The Bertz CT molecular complexity index is 392. The third-order valence-corrected chi connectivity index (χ3v) is 3.23. The summed E-state index contributed by atoms with van der Waals surface area (Å²) >= 11 is 0. The van der Waals surface area contributed by atoms with E-state index in [9.17, 15) is 4.79 Å². The van der Waals surface area contributed by atoms with E-state index < -0.39 is 5.41 Å². The highest BCUT2D eigenvalue weighted by molar-refractivity contribution is 5.88. The molecule has 0 aromatic heterocycles. The van der Waals surface area contributed by atoms with E-state index >= 15 is 0 Å². The second kappa shape index (κ2) is 4.69. The van der Waals surface area contributed by atoms with Gasteiger partial charge in [-0.25, -0.2) is 0 Å². The van der Waals surface area contributed by atoms with Crippen LogP contribution in [-0.4, -0.2) is 12.9 Å². The van der Waals surface area contributed by atoms with Crippen molar-refractivity contribution in [3.63, 3.8) is 0 Å². The van der Waals surface area contributed by atoms with Gasteiger partial charge in [-0.15, -0.1) is 0 Å². The van der Waals surface area contributed by atoms with Gasteiger partial charge in [0.2, 0.25) is 0 Å². The molecule has 88 valence electrons. The van der Waals surface area contributed by atoms with E-state index in [1.165, 1.54) is 5.56 Å². The van der Waals surface area contributed by atoms with Gasteiger partial charge < -0.3 is 4.74 Å². The second-order valence-corrected chi connectivity index (χ2v) is 4.57. The Morgan fingerprint density at radius 1 is 1.38 bits per heavy atom. The molecule has 1 aromatic rings. The van der Waals surface area contributed by atoms with E-state index in [4.69, 9.17) is 4.74 Å². The molecular weight excluding hydrogens is 200 g/mol. The fraction of sp³-hybridized carbons (Fsp3) is 0.500. The zero-order valence-electron chi connectivity index (χ0n) is 10.8. The fourth-order valence-electron chi connectivity index (χ4n) is 1.65. The number of aryl methyl sites for hydroxylation is 1. The van der Waals surface area contributed by atoms with Gasteiger partial charge in [0.15, 0.2) is 0 Å². The van der Waals surface area contributed by atoms with Crippen LogP contribution in [0.2, 0.25) is 0 Å². The van der Waals surface area contributed by atoms with Crippen LogP contribution in [0.1, 0.15) is 38.8 Å². The van der Waals surface area contributed by atoms with Crippen LogP contribution >= 0.6 is 0 Å². The lowest BCUT2D eigenvalue weighted by atomic mass is 9.80. The molecule has 0 aliphatic carbocycles. The predicted molar refractivity (Wildman–Crippen MR) is 66.1 cm³/mol. The number of methoxy groups -OCH3 is 1. The summed E-state index contributed by atoms with van der Waals surface area (Å²) in [6.07, 6.45) is 0.963. The zero-order chi connectivity index (χ0) is 12.3. The van der Waals surface area contributed by atoms with E-state index in [1.807, 2.05) is 26.0 Å². The summed E-state index contributed by atoms with van der Waals surface area (Å²) in [6, 6.07) is 6.05. The summed E-state index contributed by atoms with van der Waals surface area (Å²) < 4.78 is 5.33. The molecule has 1 aromatic carbocycles. The van der Waals surface area contributed by atoms with Gasteiger partial charge in [-0.2, -0.15) is 0 Å². The van der Waals surface area contributed by atoms with Gasteiger partial charge in [0.25, 0.3) is 0 Å². The van der Waals surface area contributed by atoms with Gasteiger partial charge in [-0.05, 0) is 38.8 Å². The largest absolute Gasteiger partial charge is 0.496 e. The van der Waals surface area contributed by atoms with Crippen molar-refractivity contribution in [1.29, 1.82) is 0 Å². The number of hydrogen-bond acceptors (Lipinski definition) is 2. The Morgan fingerprint density at radius 3 is 2.44 bits per heavy atom. The van der Waals surface area contributed by atoms with Crippen LogP contribution in [0.15, 0.2) is 18.2 Å². The van der Waals surface area contributed by atoms with Gasteiger partial charge in [-0.1, -0.05) is 19.1 Å². The zero-order valence-corrected chi connectivity index (χ0v) is 10.8. The van der Waals surface area contributed by atoms with Crippen LogP contribution in [0.5, 0.6) is 5.75 Å². The van der Waals surface area contributed by atoms with Crippen LogP contribution in [0.4, 0.5) is 0 Å². The van der Waals surface area contributed by atoms with Crippen molar-refractivity contribution in [3.8, 4) is 5.75 Å². The highest BCUT2D eigenvalue weighted by atomic mass is 16.5. The molecule has 0 atom stereocenters. The van der Waals surface area contributed by atoms with Gasteiger partial charge in [-0.3, -0.25) is 4.79 Å². The van der Waals surface area contributed by atoms with Crippen molar-refractivity contribution in [2.75, 3.05) is 7.11 Å². The highest BCUT2D eigenvalue weighted by Gasteiger charge is 2.29. The lowest BCUT2D eigenvalue weighted by molar-refractivity contribution is -0.121. The minimum Gasteiger partial charge on any atom is -0.496 e. The van der Waals surface area contributed by atoms with E-state index in [1.54, 1.807) is 14.0 Å². The Kier molecular flexibility index (Phi) is 3.74. The molecule has 0 bridgehead atoms. The second-order valence-electron chi connectivity index (χ2n) is 4.57. The van der Waals surface area contributed by atoms with E-state index in [0.29, 0.717) is 0 Å². The van der Waals surface area contributed by atoms with Crippen molar-refractivity contribution in [2.45, 2.75) is 39.5 Å². The average Bonchev–Trinajstić information content (AvgIpc) is 2.27. The molecule has 2 nitrogen and oxygen atoms in total. The van der Waals surface area contributed by atoms with Crippen molar-refractivity contribution >= 4 is 5.78 Å². The number of rotatable bonds is 4. The molecule has 0 fully saturated rings. The topological polar surface area (TPSA) is 26.3 Å². The maximum absolute atomic E-state index is 11.7. The molecule has 0 amide bonds. The molecule has 0 saturated heterocycles. The molecule has 2 heteroatoms. The highest BCUT2D eigenvalue weighted by Crippen LogP contribution is 2.33. The number of carbonyl (C=O) groups excluding carboxylic acids is 1. The normalized spacial score (nSPS) is 11.3. The van der Waals surface area contributed by atoms with Crippen LogP contribution in [0.3, 0.4) is 0 Å². The Hall–Kier alpha value is -1.31. The Morgan fingerprint density at radius 2 is 2.00 bits per heavy atom. The SMILES string of the molecule is CCc1ccc(OC)c(C(C)(C)C(C)=O)c1. The average molecular weight is 220 g/mol. The summed E-state index contributed by atoms with van der Waals surface area (Å²) in [4.78, 5) is 11.7. The molecule has 0 aliphatic rings. The first-order valence-electron chi connectivity index (χ1n) is 5.62. The molecule has 16 heavy (non-hydrogen) atoms. The molecule has 0 unspecified atom stereocenters. The standard InChI is InChI=1S/C14H20O2/c1-6-11-7-8-13(16-5)12(9-11)14(3,4)10(2)15/h7-9H,6H2,1-5H3. The van der Waals surface area contributed by atoms with E-state index in [0.717, 1.165) is 17.7 Å². The minimum atomic E-state index is -0.490. The molecule has 0 radical (unpaired) electrons. The molecule has 0 aliphatic heterocycles. The third kappa shape index (κ3) is 2.26. The van der Waals surface area contributed by atoms with Gasteiger partial charge in [0, 0.05) is 5.56 Å². The first-order valence-corrected chi connectivity index (χ1v) is 5.62. The van der Waals surface area contributed by atoms with E-state index in [-0.39, 0.29) is 5.78 Å². The number of hydrogen-bond donors (Lipinski definition) is 0. The molecule has 1 rings (SSSR count). The summed E-state index contributed by atoms with van der Waals surface area (Å²) in [5, 5.41) is 0. The van der Waals surface area contributed by atoms with Gasteiger partial charge in [0.1, 0.15) is 11.5 Å². The van der Waals surface area contributed by atoms with Crippen LogP contribution in [0.25, 0.3) is 0 Å². The maximum Gasteiger partial charge on any atom is 0.139 e. The van der Waals surface area contributed by atoms with Gasteiger partial charge in [0.05, 0.1) is 12.5 Å². The minimum absolute atomic E-state index is 0.152. The number of ketones is 1. The van der Waals surface area contributed by atoms with Crippen LogP contribution in [0, 0.1) is 0 Å². The van der Waals surface area contributed by atoms with Crippen LogP contribution in [-0.2, 0) is 16.6 Å². The summed E-state index contributed by atoms with van der Waals surface area (Å²) in [5.41, 5.74) is 1.71. The lowest BCUT2D eigenvalue weighted by Crippen LogP contribution is -2.27. The van der Waals surface area contributed by atoms with Crippen molar-refractivity contribution in [1.82, 2.24) is 0 Å². The van der Waals surface area contributed by atoms with Crippen molar-refractivity contribution in [2.24, 2.45) is 0 Å². The Labute approximate surface area is 97.6 Å². The van der Waals surface area contributed by atoms with Crippen molar-refractivity contribution in [3.05, 3.63) is 29.3 Å². The quantitative estimate of drug-likeness (QED) is 0.779. The molecule has 0 saturated carbocycles. The smallest absolute Gasteiger partial charge is 0.139 e. The number of carbonyl (C=O) groups is 1. The number of ether oxygens (including phenoxy) is 1. The summed E-state index contributed by atoms with van der Waals surface area (Å²) in [7, 11) is 1.64. The molecule has 0 spiro atoms. The molecular formula is C14H20O2. The summed E-state index contributed by atoms with van der Waals surface area (Å²) in [5.74, 6) is 0.941. The molecule has 0 N–H and O–H groups in total. The first-order chi connectivity index (χ1) is 7.43. The number of benzene rings is 1. The predicted octanol–water partition coefficient (Wildman–Crippen LogP) is 3.12. The fourth-order valence-corrected chi connectivity index (χ4v) is 1.65. The van der Waals surface area contributed by atoms with Crippen molar-refractivity contribution < 1.29 is 9.53 Å². The lowest BCUT2D eigenvalue weighted by Gasteiger charge is -2.24. The third-order valence-electron chi connectivity index (χ3n) is 3.23. The van der Waals surface area contributed by atoms with Gasteiger partial charge >= 0.3 is 0 Å². The summed E-state index contributed by atoms with van der Waals surface area (Å²) in [6.45, 7) is 7.60. The molecule has 0 heterocycles. The first kappa shape index (κ1) is 12.8. The number of Topliss-reactive ketones (excluding diaryl/α,β-unsaturated/α-hetero) is 1. The van der Waals surface area contributed by atoms with E-state index in [2.05, 4.69) is 13.0 Å². The van der Waals surface area contributed by atoms with Crippen LogP contribution < -0.4 is 4.74 Å². The Balaban J connectivity index is 3.34. The monoisotopic (exact) mass is 220 g/mol.